The van der Waals surface area contributed by atoms with Crippen LogP contribution >= 0.6 is 0 Å². The molecule has 3 nitrogen and oxygen atoms in total. The van der Waals surface area contributed by atoms with Gasteiger partial charge in [-0.3, -0.25) is 4.98 Å². The van der Waals surface area contributed by atoms with Crippen LogP contribution in [0.2, 0.25) is 0 Å². The Morgan fingerprint density at radius 1 is 1.16 bits per heavy atom. The lowest BCUT2D eigenvalue weighted by molar-refractivity contribution is 0.454. The van der Waals surface area contributed by atoms with Crippen LogP contribution < -0.4 is 5.32 Å². The van der Waals surface area contributed by atoms with E-state index >= 15 is 0 Å². The predicted octanol–water partition coefficient (Wildman–Crippen LogP) is 3.25. The van der Waals surface area contributed by atoms with Crippen LogP contribution in [0.25, 0.3) is 0 Å². The summed E-state index contributed by atoms with van der Waals surface area (Å²) < 4.78 is 0. The highest BCUT2D eigenvalue weighted by Crippen LogP contribution is 2.19. The molecule has 0 aliphatic heterocycles. The number of rotatable bonds is 4. The number of aryl methyl sites for hydroxylation is 2. The van der Waals surface area contributed by atoms with Crippen molar-refractivity contribution in [1.82, 2.24) is 10.3 Å². The predicted molar refractivity (Wildman–Crippen MR) is 77.1 cm³/mol. The zero-order chi connectivity index (χ0) is 13.8. The highest BCUT2D eigenvalue weighted by molar-refractivity contribution is 5.30. The van der Waals surface area contributed by atoms with E-state index in [1.165, 1.54) is 11.1 Å². The van der Waals surface area contributed by atoms with Crippen molar-refractivity contribution in [3.63, 3.8) is 0 Å². The molecule has 19 heavy (non-hydrogen) atoms. The Balaban J connectivity index is 2.06. The number of hydrogen-bond donors (Lipinski definition) is 2. The monoisotopic (exact) mass is 256 g/mol. The molecule has 1 aromatic heterocycles. The smallest absolute Gasteiger partial charge is 0.138 e. The Morgan fingerprint density at radius 2 is 1.89 bits per heavy atom. The lowest BCUT2D eigenvalue weighted by Gasteiger charge is -2.16. The first kappa shape index (κ1) is 13.6. The second-order valence-electron chi connectivity index (χ2n) is 4.88. The van der Waals surface area contributed by atoms with Crippen LogP contribution in [0.3, 0.4) is 0 Å². The van der Waals surface area contributed by atoms with E-state index in [1.807, 2.05) is 25.1 Å². The van der Waals surface area contributed by atoms with Gasteiger partial charge in [0.1, 0.15) is 5.75 Å². The quantitative estimate of drug-likeness (QED) is 0.882. The highest BCUT2D eigenvalue weighted by atomic mass is 16.3. The van der Waals surface area contributed by atoms with E-state index in [4.69, 9.17) is 0 Å². The first-order chi connectivity index (χ1) is 9.08. The molecule has 1 atom stereocenters. The third kappa shape index (κ3) is 3.32. The molecule has 0 saturated heterocycles. The Bertz CT molecular complexity index is 566. The molecule has 0 aliphatic rings. The molecule has 2 rings (SSSR count). The molecule has 1 aromatic carbocycles. The minimum atomic E-state index is 0.225. The normalized spacial score (nSPS) is 12.4. The molecule has 0 radical (unpaired) electrons. The molecule has 3 heteroatoms. The van der Waals surface area contributed by atoms with Gasteiger partial charge in [-0.1, -0.05) is 24.3 Å². The van der Waals surface area contributed by atoms with E-state index < -0.39 is 0 Å². The summed E-state index contributed by atoms with van der Waals surface area (Å²) in [6.07, 6.45) is 0. The van der Waals surface area contributed by atoms with Gasteiger partial charge in [0.15, 0.2) is 0 Å². The van der Waals surface area contributed by atoms with Crippen molar-refractivity contribution in [2.24, 2.45) is 0 Å². The molecule has 0 saturated carbocycles. The van der Waals surface area contributed by atoms with Gasteiger partial charge in [-0.15, -0.1) is 0 Å². The fourth-order valence-corrected chi connectivity index (χ4v) is 2.17. The molecule has 100 valence electrons. The van der Waals surface area contributed by atoms with E-state index in [0.29, 0.717) is 12.2 Å². The van der Waals surface area contributed by atoms with Gasteiger partial charge in [0.05, 0.1) is 5.69 Å². The Kier molecular flexibility index (Phi) is 4.17. The maximum absolute atomic E-state index is 9.77. The van der Waals surface area contributed by atoms with Crippen LogP contribution in [0, 0.1) is 13.8 Å². The largest absolute Gasteiger partial charge is 0.506 e. The Labute approximate surface area is 114 Å². The first-order valence-electron chi connectivity index (χ1n) is 6.52. The summed E-state index contributed by atoms with van der Waals surface area (Å²) in [5.74, 6) is 0.245. The fraction of sp³-hybridized carbons (Fsp3) is 0.312. The molecule has 0 spiro atoms. The molecular formula is C16H20N2O. The average molecular weight is 256 g/mol. The number of aromatic nitrogens is 1. The van der Waals surface area contributed by atoms with Crippen LogP contribution in [0.15, 0.2) is 36.4 Å². The summed E-state index contributed by atoms with van der Waals surface area (Å²) in [5, 5.41) is 13.2. The van der Waals surface area contributed by atoms with Gasteiger partial charge < -0.3 is 10.4 Å². The van der Waals surface area contributed by atoms with Gasteiger partial charge in [-0.25, -0.2) is 0 Å². The number of aromatic hydroxyl groups is 1. The third-order valence-corrected chi connectivity index (χ3v) is 3.32. The summed E-state index contributed by atoms with van der Waals surface area (Å²) in [6.45, 7) is 6.71. The van der Waals surface area contributed by atoms with Crippen molar-refractivity contribution < 1.29 is 5.11 Å². The fourth-order valence-electron chi connectivity index (χ4n) is 2.17. The second-order valence-corrected chi connectivity index (χ2v) is 4.88. The summed E-state index contributed by atoms with van der Waals surface area (Å²) in [6, 6.07) is 12.0. The van der Waals surface area contributed by atoms with Gasteiger partial charge in [-0.2, -0.15) is 0 Å². The van der Waals surface area contributed by atoms with Crippen molar-refractivity contribution >= 4 is 0 Å². The second kappa shape index (κ2) is 5.85. The maximum atomic E-state index is 9.77. The summed E-state index contributed by atoms with van der Waals surface area (Å²) in [5.41, 5.74) is 4.15. The Morgan fingerprint density at radius 3 is 2.63 bits per heavy atom. The van der Waals surface area contributed by atoms with Gasteiger partial charge in [0.2, 0.25) is 0 Å². The van der Waals surface area contributed by atoms with E-state index in [-0.39, 0.29) is 11.8 Å². The molecular weight excluding hydrogens is 236 g/mol. The summed E-state index contributed by atoms with van der Waals surface area (Å²) >= 11 is 0. The van der Waals surface area contributed by atoms with Crippen LogP contribution in [0.5, 0.6) is 5.75 Å². The van der Waals surface area contributed by atoms with Crippen LogP contribution in [0.1, 0.15) is 35.5 Å². The molecule has 2 N–H and O–H groups in total. The highest BCUT2D eigenvalue weighted by Gasteiger charge is 2.09. The molecule has 0 unspecified atom stereocenters. The maximum Gasteiger partial charge on any atom is 0.138 e. The SMILES string of the molecule is Cc1ccc(O)c(CN[C@H](C)c2ccccc2C)n1. The molecule has 0 amide bonds. The summed E-state index contributed by atoms with van der Waals surface area (Å²) in [7, 11) is 0. The number of hydrogen-bond acceptors (Lipinski definition) is 3. The van der Waals surface area contributed by atoms with E-state index in [9.17, 15) is 5.11 Å². The van der Waals surface area contributed by atoms with E-state index in [1.54, 1.807) is 6.07 Å². The van der Waals surface area contributed by atoms with Gasteiger partial charge >= 0.3 is 0 Å². The molecule has 2 aromatic rings. The number of pyridine rings is 1. The van der Waals surface area contributed by atoms with E-state index in [2.05, 4.69) is 36.3 Å². The Hall–Kier alpha value is -1.87. The standard InChI is InChI=1S/C16H20N2O/c1-11-6-4-5-7-14(11)13(3)17-10-15-16(19)9-8-12(2)18-15/h4-9,13,17,19H,10H2,1-3H3/t13-/m1/s1. The number of benzene rings is 1. The van der Waals surface area contributed by atoms with Gasteiger partial charge in [-0.05, 0) is 44.0 Å². The summed E-state index contributed by atoms with van der Waals surface area (Å²) in [4.78, 5) is 4.35. The number of nitrogens with one attached hydrogen (secondary N) is 1. The van der Waals surface area contributed by atoms with Crippen molar-refractivity contribution in [3.8, 4) is 5.75 Å². The topological polar surface area (TPSA) is 45.1 Å². The average Bonchev–Trinajstić information content (AvgIpc) is 2.40. The van der Waals surface area contributed by atoms with Crippen molar-refractivity contribution in [2.75, 3.05) is 0 Å². The molecule has 1 heterocycles. The van der Waals surface area contributed by atoms with E-state index in [0.717, 1.165) is 5.69 Å². The zero-order valence-corrected chi connectivity index (χ0v) is 11.6. The zero-order valence-electron chi connectivity index (χ0n) is 11.6. The molecule has 0 bridgehead atoms. The van der Waals surface area contributed by atoms with Crippen molar-refractivity contribution in [3.05, 3.63) is 58.9 Å². The molecule has 0 fully saturated rings. The third-order valence-electron chi connectivity index (χ3n) is 3.32. The van der Waals surface area contributed by atoms with Crippen LogP contribution in [-0.2, 0) is 6.54 Å². The minimum Gasteiger partial charge on any atom is -0.506 e. The molecule has 0 aliphatic carbocycles. The van der Waals surface area contributed by atoms with Gasteiger partial charge in [0.25, 0.3) is 0 Å². The lowest BCUT2D eigenvalue weighted by atomic mass is 10.0. The van der Waals surface area contributed by atoms with Crippen LogP contribution in [0.4, 0.5) is 0 Å². The number of nitrogens with zero attached hydrogens (tertiary/aromatic N) is 1. The van der Waals surface area contributed by atoms with Crippen molar-refractivity contribution in [1.29, 1.82) is 0 Å². The van der Waals surface area contributed by atoms with Crippen LogP contribution in [-0.4, -0.2) is 10.1 Å². The lowest BCUT2D eigenvalue weighted by Crippen LogP contribution is -2.19. The van der Waals surface area contributed by atoms with Crippen molar-refractivity contribution in [2.45, 2.75) is 33.4 Å². The first-order valence-corrected chi connectivity index (χ1v) is 6.52. The van der Waals surface area contributed by atoms with Gasteiger partial charge in [0, 0.05) is 18.3 Å². The minimum absolute atomic E-state index is 0.225.